The van der Waals surface area contributed by atoms with Crippen molar-refractivity contribution in [3.63, 3.8) is 0 Å². The molecule has 2 saturated carbocycles. The second-order valence-corrected chi connectivity index (χ2v) is 7.16. The number of carboxylic acid groups (broad SMARTS) is 1. The third kappa shape index (κ3) is 3.58. The SMILES string of the molecule is CCC1CC(C(=O)O)C(C(=O)N(C)C2CCC(C)CC2)C1. The maximum absolute atomic E-state index is 12.8. The number of rotatable bonds is 4. The van der Waals surface area contributed by atoms with Gasteiger partial charge in [-0.3, -0.25) is 9.59 Å². The monoisotopic (exact) mass is 295 g/mol. The Morgan fingerprint density at radius 3 is 2.19 bits per heavy atom. The van der Waals surface area contributed by atoms with Gasteiger partial charge in [0.15, 0.2) is 0 Å². The molecule has 0 heterocycles. The molecule has 2 fully saturated rings. The molecule has 4 heteroatoms. The lowest BCUT2D eigenvalue weighted by Crippen LogP contribution is -2.44. The minimum Gasteiger partial charge on any atom is -0.481 e. The van der Waals surface area contributed by atoms with Gasteiger partial charge in [-0.1, -0.05) is 20.3 Å². The van der Waals surface area contributed by atoms with E-state index in [0.717, 1.165) is 31.6 Å². The average Bonchev–Trinajstić information content (AvgIpc) is 2.91. The van der Waals surface area contributed by atoms with Crippen LogP contribution in [0.2, 0.25) is 0 Å². The van der Waals surface area contributed by atoms with E-state index in [9.17, 15) is 14.7 Å². The minimum atomic E-state index is -0.796. The molecule has 120 valence electrons. The molecule has 4 nitrogen and oxygen atoms in total. The largest absolute Gasteiger partial charge is 0.481 e. The van der Waals surface area contributed by atoms with Gasteiger partial charge in [0.25, 0.3) is 0 Å². The molecule has 3 unspecified atom stereocenters. The van der Waals surface area contributed by atoms with Crippen molar-refractivity contribution >= 4 is 11.9 Å². The highest BCUT2D eigenvalue weighted by molar-refractivity contribution is 5.85. The highest BCUT2D eigenvalue weighted by atomic mass is 16.4. The van der Waals surface area contributed by atoms with Gasteiger partial charge in [-0.15, -0.1) is 0 Å². The van der Waals surface area contributed by atoms with Crippen LogP contribution in [0.1, 0.15) is 58.8 Å². The van der Waals surface area contributed by atoms with E-state index in [0.29, 0.717) is 18.4 Å². The summed E-state index contributed by atoms with van der Waals surface area (Å²) in [6.45, 7) is 4.35. The Morgan fingerprint density at radius 2 is 1.67 bits per heavy atom. The van der Waals surface area contributed by atoms with Gasteiger partial charge in [0, 0.05) is 13.1 Å². The summed E-state index contributed by atoms with van der Waals surface area (Å²) in [5, 5.41) is 9.40. The Hall–Kier alpha value is -1.06. The lowest BCUT2D eigenvalue weighted by atomic mass is 9.85. The molecule has 1 amide bonds. The number of carbonyl (C=O) groups excluding carboxylic acids is 1. The normalized spacial score (nSPS) is 36.4. The van der Waals surface area contributed by atoms with Gasteiger partial charge < -0.3 is 10.0 Å². The summed E-state index contributed by atoms with van der Waals surface area (Å²) in [4.78, 5) is 26.1. The quantitative estimate of drug-likeness (QED) is 0.866. The molecule has 0 saturated heterocycles. The smallest absolute Gasteiger partial charge is 0.307 e. The number of hydrogen-bond donors (Lipinski definition) is 1. The van der Waals surface area contributed by atoms with Crippen molar-refractivity contribution in [3.8, 4) is 0 Å². The molecule has 0 bridgehead atoms. The van der Waals surface area contributed by atoms with Crippen molar-refractivity contribution in [3.05, 3.63) is 0 Å². The zero-order valence-electron chi connectivity index (χ0n) is 13.5. The molecule has 0 aliphatic heterocycles. The zero-order valence-corrected chi connectivity index (χ0v) is 13.5. The first kappa shape index (κ1) is 16.3. The molecule has 2 rings (SSSR count). The van der Waals surface area contributed by atoms with Crippen molar-refractivity contribution in [2.45, 2.75) is 64.8 Å². The number of carbonyl (C=O) groups is 2. The van der Waals surface area contributed by atoms with Crippen LogP contribution in [0, 0.1) is 23.7 Å². The topological polar surface area (TPSA) is 57.6 Å². The number of amides is 1. The molecule has 0 aromatic rings. The third-order valence-corrected chi connectivity index (χ3v) is 5.75. The second-order valence-electron chi connectivity index (χ2n) is 7.16. The van der Waals surface area contributed by atoms with Crippen molar-refractivity contribution in [2.75, 3.05) is 7.05 Å². The van der Waals surface area contributed by atoms with E-state index >= 15 is 0 Å². The number of hydrogen-bond acceptors (Lipinski definition) is 2. The number of nitrogens with zero attached hydrogens (tertiary/aromatic N) is 1. The zero-order chi connectivity index (χ0) is 15.6. The van der Waals surface area contributed by atoms with Crippen LogP contribution in [0.15, 0.2) is 0 Å². The van der Waals surface area contributed by atoms with Crippen LogP contribution < -0.4 is 0 Å². The summed E-state index contributed by atoms with van der Waals surface area (Å²) >= 11 is 0. The van der Waals surface area contributed by atoms with E-state index in [1.54, 1.807) is 0 Å². The van der Waals surface area contributed by atoms with E-state index in [1.807, 2.05) is 11.9 Å². The van der Waals surface area contributed by atoms with Gasteiger partial charge in [-0.2, -0.15) is 0 Å². The van der Waals surface area contributed by atoms with Crippen LogP contribution >= 0.6 is 0 Å². The molecule has 3 atom stereocenters. The van der Waals surface area contributed by atoms with Crippen molar-refractivity contribution in [1.29, 1.82) is 0 Å². The maximum atomic E-state index is 12.8. The Morgan fingerprint density at radius 1 is 1.10 bits per heavy atom. The second kappa shape index (κ2) is 6.80. The highest BCUT2D eigenvalue weighted by Gasteiger charge is 2.44. The van der Waals surface area contributed by atoms with Gasteiger partial charge in [-0.25, -0.2) is 0 Å². The predicted octanol–water partition coefficient (Wildman–Crippen LogP) is 3.16. The van der Waals surface area contributed by atoms with Crippen molar-refractivity contribution < 1.29 is 14.7 Å². The molecule has 1 N–H and O–H groups in total. The first-order valence-electron chi connectivity index (χ1n) is 8.43. The number of carboxylic acids is 1. The van der Waals surface area contributed by atoms with Gasteiger partial charge in [0.2, 0.25) is 5.91 Å². The van der Waals surface area contributed by atoms with E-state index in [2.05, 4.69) is 13.8 Å². The Kier molecular flexibility index (Phi) is 5.28. The maximum Gasteiger partial charge on any atom is 0.307 e. The van der Waals surface area contributed by atoms with Crippen LogP contribution in [-0.2, 0) is 9.59 Å². The third-order valence-electron chi connectivity index (χ3n) is 5.75. The molecule has 0 spiro atoms. The molecule has 0 aromatic carbocycles. The fourth-order valence-corrected chi connectivity index (χ4v) is 4.09. The van der Waals surface area contributed by atoms with Crippen LogP contribution in [0.3, 0.4) is 0 Å². The Labute approximate surface area is 127 Å². The summed E-state index contributed by atoms with van der Waals surface area (Å²) in [7, 11) is 1.88. The van der Waals surface area contributed by atoms with Crippen molar-refractivity contribution in [1.82, 2.24) is 4.90 Å². The summed E-state index contributed by atoms with van der Waals surface area (Å²) in [5.74, 6) is -0.371. The minimum absolute atomic E-state index is 0.0675. The molecule has 2 aliphatic carbocycles. The first-order chi connectivity index (χ1) is 9.93. The summed E-state index contributed by atoms with van der Waals surface area (Å²) < 4.78 is 0. The summed E-state index contributed by atoms with van der Waals surface area (Å²) in [6.07, 6.45) is 6.85. The van der Waals surface area contributed by atoms with Crippen LogP contribution in [-0.4, -0.2) is 35.0 Å². The molecule has 2 aliphatic rings. The van der Waals surface area contributed by atoms with E-state index in [4.69, 9.17) is 0 Å². The standard InChI is InChI=1S/C17H29NO3/c1-4-12-9-14(15(10-12)17(20)21)16(19)18(3)13-7-5-11(2)6-8-13/h11-15H,4-10H2,1-3H3,(H,20,21). The van der Waals surface area contributed by atoms with Gasteiger partial charge >= 0.3 is 5.97 Å². The fraction of sp³-hybridized carbons (Fsp3) is 0.882. The van der Waals surface area contributed by atoms with Gasteiger partial charge in [0.1, 0.15) is 0 Å². The van der Waals surface area contributed by atoms with Gasteiger partial charge in [0.05, 0.1) is 11.8 Å². The molecule has 21 heavy (non-hydrogen) atoms. The highest BCUT2D eigenvalue weighted by Crippen LogP contribution is 2.40. The first-order valence-corrected chi connectivity index (χ1v) is 8.43. The predicted molar refractivity (Wildman–Crippen MR) is 81.8 cm³/mol. The summed E-state index contributed by atoms with van der Waals surface area (Å²) in [6, 6.07) is 0.309. The number of aliphatic carboxylic acids is 1. The lowest BCUT2D eigenvalue weighted by Gasteiger charge is -2.35. The molecule has 0 radical (unpaired) electrons. The fourth-order valence-electron chi connectivity index (χ4n) is 4.09. The lowest BCUT2D eigenvalue weighted by molar-refractivity contribution is -0.149. The molecule has 0 aromatic heterocycles. The van der Waals surface area contributed by atoms with Crippen molar-refractivity contribution in [2.24, 2.45) is 23.7 Å². The Bertz CT molecular complexity index is 387. The van der Waals surface area contributed by atoms with Crippen LogP contribution in [0.25, 0.3) is 0 Å². The van der Waals surface area contributed by atoms with E-state index in [1.165, 1.54) is 12.8 Å². The van der Waals surface area contributed by atoms with E-state index in [-0.39, 0.29) is 11.8 Å². The Balaban J connectivity index is 2.02. The average molecular weight is 295 g/mol. The van der Waals surface area contributed by atoms with Gasteiger partial charge in [-0.05, 0) is 50.4 Å². The van der Waals surface area contributed by atoms with E-state index < -0.39 is 11.9 Å². The van der Waals surface area contributed by atoms with Crippen LogP contribution in [0.4, 0.5) is 0 Å². The summed E-state index contributed by atoms with van der Waals surface area (Å²) in [5.41, 5.74) is 0. The van der Waals surface area contributed by atoms with Crippen LogP contribution in [0.5, 0.6) is 0 Å². The molecular weight excluding hydrogens is 266 g/mol. The molecular formula is C17H29NO3.